The predicted octanol–water partition coefficient (Wildman–Crippen LogP) is 3.80. The molecule has 2 amide bonds. The molecule has 0 bridgehead atoms. The first-order valence-corrected chi connectivity index (χ1v) is 10.9. The van der Waals surface area contributed by atoms with Crippen molar-refractivity contribution in [1.29, 1.82) is 0 Å². The third-order valence-electron chi connectivity index (χ3n) is 6.24. The van der Waals surface area contributed by atoms with Gasteiger partial charge in [0, 0.05) is 0 Å². The predicted molar refractivity (Wildman–Crippen MR) is 125 cm³/mol. The molecule has 2 saturated heterocycles. The first kappa shape index (κ1) is 23.2. The summed E-state index contributed by atoms with van der Waals surface area (Å²) in [4.78, 5) is 45.4. The molecule has 36 heavy (non-hydrogen) atoms. The molecular weight excluding hydrogens is 473 g/mol. The fourth-order valence-corrected chi connectivity index (χ4v) is 4.68. The van der Waals surface area contributed by atoms with Crippen LogP contribution in [0.25, 0.3) is 0 Å². The largest absolute Gasteiger partial charge is 0.493 e. The molecule has 2 aliphatic heterocycles. The van der Waals surface area contributed by atoms with Crippen LogP contribution in [0, 0.1) is 21.8 Å². The highest BCUT2D eigenvalue weighted by molar-refractivity contribution is 6.24. The lowest BCUT2D eigenvalue weighted by molar-refractivity contribution is -0.385. The van der Waals surface area contributed by atoms with Crippen LogP contribution in [0.1, 0.15) is 11.6 Å². The quantitative estimate of drug-likeness (QED) is 0.290. The van der Waals surface area contributed by atoms with Crippen molar-refractivity contribution in [1.82, 2.24) is 0 Å². The monoisotopic (exact) mass is 493 g/mol. The van der Waals surface area contributed by atoms with Crippen molar-refractivity contribution in [3.63, 3.8) is 0 Å². The number of fused-ring (bicyclic) bond motifs is 1. The first-order valence-electron chi connectivity index (χ1n) is 10.9. The standard InChI is InChI=1S/C25H20FN3O7/c1-34-19-12-17(18(29(32)33)13-20(19)35-2)22-21-23(36-28(22)15-8-4-3-5-9-15)25(31)27(24(21)30)16-10-6-7-14(26)11-16/h3-13,21-23H,1-2H3/t21-,22-,23-/m0/s1. The van der Waals surface area contributed by atoms with Gasteiger partial charge in [0.05, 0.1) is 42.1 Å². The molecule has 3 aromatic rings. The second kappa shape index (κ2) is 8.93. The minimum Gasteiger partial charge on any atom is -0.493 e. The van der Waals surface area contributed by atoms with Gasteiger partial charge in [0.1, 0.15) is 17.8 Å². The van der Waals surface area contributed by atoms with E-state index in [0.717, 1.165) is 11.0 Å². The van der Waals surface area contributed by atoms with Gasteiger partial charge in [-0.15, -0.1) is 0 Å². The van der Waals surface area contributed by atoms with Crippen LogP contribution in [0.3, 0.4) is 0 Å². The van der Waals surface area contributed by atoms with Crippen molar-refractivity contribution in [3.05, 3.63) is 88.2 Å². The van der Waals surface area contributed by atoms with Crippen LogP contribution in [-0.4, -0.2) is 37.1 Å². The van der Waals surface area contributed by atoms with E-state index in [0.29, 0.717) is 5.69 Å². The molecule has 0 aromatic heterocycles. The molecule has 0 aliphatic carbocycles. The van der Waals surface area contributed by atoms with E-state index in [1.165, 1.54) is 49.6 Å². The Morgan fingerprint density at radius 2 is 1.58 bits per heavy atom. The Morgan fingerprint density at radius 3 is 2.22 bits per heavy atom. The summed E-state index contributed by atoms with van der Waals surface area (Å²) in [6, 6.07) is 15.2. The van der Waals surface area contributed by atoms with Crippen molar-refractivity contribution in [2.24, 2.45) is 5.92 Å². The van der Waals surface area contributed by atoms with Crippen molar-refractivity contribution < 1.29 is 33.2 Å². The van der Waals surface area contributed by atoms with Crippen LogP contribution in [0.2, 0.25) is 0 Å². The average Bonchev–Trinajstić information content (AvgIpc) is 3.39. The number of nitro benzene ring substituents is 1. The molecule has 2 aliphatic rings. The number of hydrogen-bond acceptors (Lipinski definition) is 8. The highest BCUT2D eigenvalue weighted by atomic mass is 19.1. The van der Waals surface area contributed by atoms with E-state index in [2.05, 4.69) is 0 Å². The van der Waals surface area contributed by atoms with Gasteiger partial charge in [-0.25, -0.2) is 14.4 Å². The van der Waals surface area contributed by atoms with Gasteiger partial charge in [-0.3, -0.25) is 24.5 Å². The number of benzene rings is 3. The average molecular weight is 493 g/mol. The minimum atomic E-state index is -1.28. The summed E-state index contributed by atoms with van der Waals surface area (Å²) < 4.78 is 24.5. The first-order chi connectivity index (χ1) is 17.3. The highest BCUT2D eigenvalue weighted by Gasteiger charge is 2.61. The smallest absolute Gasteiger partial charge is 0.278 e. The van der Waals surface area contributed by atoms with Crippen molar-refractivity contribution in [3.8, 4) is 11.5 Å². The van der Waals surface area contributed by atoms with Gasteiger partial charge >= 0.3 is 0 Å². The third-order valence-corrected chi connectivity index (χ3v) is 6.24. The number of hydroxylamine groups is 1. The Bertz CT molecular complexity index is 1370. The number of carbonyl (C=O) groups is 2. The number of amides is 2. The molecule has 0 saturated carbocycles. The summed E-state index contributed by atoms with van der Waals surface area (Å²) in [6.45, 7) is 0. The molecule has 5 rings (SSSR count). The molecule has 3 aromatic carbocycles. The van der Waals surface area contributed by atoms with Crippen LogP contribution >= 0.6 is 0 Å². The second-order valence-corrected chi connectivity index (χ2v) is 8.17. The summed E-state index contributed by atoms with van der Waals surface area (Å²) in [6.07, 6.45) is -1.28. The zero-order valence-corrected chi connectivity index (χ0v) is 19.2. The van der Waals surface area contributed by atoms with Gasteiger partial charge in [-0.05, 0) is 36.4 Å². The lowest BCUT2D eigenvalue weighted by Gasteiger charge is -2.29. The zero-order valence-electron chi connectivity index (χ0n) is 19.2. The van der Waals surface area contributed by atoms with Gasteiger partial charge in [0.25, 0.3) is 11.6 Å². The summed E-state index contributed by atoms with van der Waals surface area (Å²) in [5.41, 5.74) is 0.289. The third kappa shape index (κ3) is 3.60. The van der Waals surface area contributed by atoms with E-state index in [1.54, 1.807) is 30.3 Å². The van der Waals surface area contributed by atoms with Gasteiger partial charge < -0.3 is 9.47 Å². The molecule has 10 nitrogen and oxygen atoms in total. The van der Waals surface area contributed by atoms with Crippen molar-refractivity contribution >= 4 is 28.9 Å². The Hall–Kier alpha value is -4.51. The maximum Gasteiger partial charge on any atom is 0.278 e. The van der Waals surface area contributed by atoms with Gasteiger partial charge in [0.2, 0.25) is 5.91 Å². The van der Waals surface area contributed by atoms with Crippen LogP contribution in [0.5, 0.6) is 11.5 Å². The van der Waals surface area contributed by atoms with Crippen LogP contribution < -0.4 is 19.4 Å². The maximum absolute atomic E-state index is 13.9. The fourth-order valence-electron chi connectivity index (χ4n) is 4.68. The molecule has 3 atom stereocenters. The SMILES string of the molecule is COc1cc([C@H]2[C@@H]3C(=O)N(c4cccc(F)c4)C(=O)[C@H]3ON2c2ccccc2)c([N+](=O)[O-])cc1OC. The molecule has 0 spiro atoms. The number of para-hydroxylation sites is 1. The number of nitrogens with zero attached hydrogens (tertiary/aromatic N) is 3. The van der Waals surface area contributed by atoms with Gasteiger partial charge in [-0.1, -0.05) is 24.3 Å². The van der Waals surface area contributed by atoms with Gasteiger partial charge in [0.15, 0.2) is 17.6 Å². The number of nitro groups is 1. The molecular formula is C25H20FN3O7. The molecule has 2 fully saturated rings. The number of imide groups is 1. The van der Waals surface area contributed by atoms with Crippen LogP contribution in [-0.2, 0) is 14.4 Å². The van der Waals surface area contributed by atoms with Crippen molar-refractivity contribution in [2.75, 3.05) is 24.2 Å². The summed E-state index contributed by atoms with van der Waals surface area (Å²) >= 11 is 0. The molecule has 11 heteroatoms. The molecule has 0 radical (unpaired) electrons. The lowest BCUT2D eigenvalue weighted by atomic mass is 9.89. The van der Waals surface area contributed by atoms with E-state index >= 15 is 0 Å². The Balaban J connectivity index is 1.69. The summed E-state index contributed by atoms with van der Waals surface area (Å²) in [5, 5.41) is 13.4. The Labute approximate surface area is 204 Å². The van der Waals surface area contributed by atoms with Crippen LogP contribution in [0.15, 0.2) is 66.7 Å². The normalized spacial score (nSPS) is 21.0. The van der Waals surface area contributed by atoms with Gasteiger partial charge in [-0.2, -0.15) is 0 Å². The Kier molecular flexibility index (Phi) is 5.77. The summed E-state index contributed by atoms with van der Waals surface area (Å²) in [7, 11) is 2.73. The lowest BCUT2D eigenvalue weighted by Crippen LogP contribution is -2.37. The zero-order chi connectivity index (χ0) is 25.6. The van der Waals surface area contributed by atoms with Crippen molar-refractivity contribution in [2.45, 2.75) is 12.1 Å². The maximum atomic E-state index is 13.9. The van der Waals surface area contributed by atoms with E-state index in [4.69, 9.17) is 14.3 Å². The molecule has 0 N–H and O–H groups in total. The van der Waals surface area contributed by atoms with Crippen LogP contribution in [0.4, 0.5) is 21.5 Å². The Morgan fingerprint density at radius 1 is 0.917 bits per heavy atom. The molecule has 184 valence electrons. The highest BCUT2D eigenvalue weighted by Crippen LogP contribution is 2.51. The number of methoxy groups -OCH3 is 2. The van der Waals surface area contributed by atoms with E-state index in [-0.39, 0.29) is 28.4 Å². The number of hydrogen-bond donors (Lipinski definition) is 0. The number of carbonyl (C=O) groups excluding carboxylic acids is 2. The number of rotatable bonds is 6. The van der Waals surface area contributed by atoms with E-state index in [9.17, 15) is 24.1 Å². The van der Waals surface area contributed by atoms with E-state index in [1.807, 2.05) is 0 Å². The number of halogens is 1. The molecule has 2 heterocycles. The molecule has 0 unspecified atom stereocenters. The number of ether oxygens (including phenoxy) is 2. The minimum absolute atomic E-state index is 0.0508. The summed E-state index contributed by atoms with van der Waals surface area (Å²) in [5.74, 6) is -2.80. The topological polar surface area (TPSA) is 111 Å². The second-order valence-electron chi connectivity index (χ2n) is 8.17. The number of anilines is 2. The van der Waals surface area contributed by atoms with E-state index < -0.39 is 40.6 Å². The fraction of sp³-hybridized carbons (Fsp3) is 0.200.